The Morgan fingerprint density at radius 1 is 1.14 bits per heavy atom. The summed E-state index contributed by atoms with van der Waals surface area (Å²) in [7, 11) is 1.73. The number of Topliss-reactive ketones (excluding diaryl/α,β-unsaturated/α-hetero) is 1. The largest absolute Gasteiger partial charge is 0.383 e. The second-order valence-electron chi connectivity index (χ2n) is 12.1. The number of carbonyl (C=O) groups excluding carboxylic acids is 3. The molecule has 238 valence electrons. The number of aromatic nitrogens is 1. The summed E-state index contributed by atoms with van der Waals surface area (Å²) in [6.07, 6.45) is 2.98. The summed E-state index contributed by atoms with van der Waals surface area (Å²) in [6, 6.07) is 6.06. The van der Waals surface area contributed by atoms with E-state index < -0.39 is 18.2 Å². The lowest BCUT2D eigenvalue weighted by atomic mass is 9.95. The fraction of sp³-hybridized carbons (Fsp3) is 0.625. The number of rotatable bonds is 11. The van der Waals surface area contributed by atoms with Gasteiger partial charge in [0.2, 0.25) is 5.91 Å². The molecule has 1 aromatic heterocycles. The molecule has 0 unspecified atom stereocenters. The van der Waals surface area contributed by atoms with Crippen molar-refractivity contribution in [3.8, 4) is 11.3 Å². The molecule has 2 amide bonds. The van der Waals surface area contributed by atoms with Crippen LogP contribution < -0.4 is 10.2 Å². The number of hydrogen-bond donors (Lipinski definition) is 1. The molecule has 3 saturated heterocycles. The van der Waals surface area contributed by atoms with Crippen molar-refractivity contribution < 1.29 is 28.6 Å². The molecule has 1 saturated carbocycles. The van der Waals surface area contributed by atoms with E-state index in [0.29, 0.717) is 18.7 Å². The molecular weight excluding hydrogens is 582 g/mol. The van der Waals surface area contributed by atoms with Gasteiger partial charge in [0.25, 0.3) is 5.91 Å². The van der Waals surface area contributed by atoms with E-state index in [2.05, 4.69) is 20.5 Å². The third kappa shape index (κ3) is 6.55. The number of benzene rings is 1. The van der Waals surface area contributed by atoms with Gasteiger partial charge in [-0.3, -0.25) is 19.3 Å². The van der Waals surface area contributed by atoms with Crippen molar-refractivity contribution in [3.05, 3.63) is 35.2 Å². The summed E-state index contributed by atoms with van der Waals surface area (Å²) < 4.78 is 16.8. The predicted octanol–water partition coefficient (Wildman–Crippen LogP) is 2.45. The monoisotopic (exact) mass is 625 g/mol. The number of methoxy groups -OCH3 is 1. The van der Waals surface area contributed by atoms with E-state index in [-0.39, 0.29) is 36.2 Å². The van der Waals surface area contributed by atoms with Crippen molar-refractivity contribution in [1.29, 1.82) is 0 Å². The van der Waals surface area contributed by atoms with Crippen molar-refractivity contribution in [2.24, 2.45) is 5.92 Å². The van der Waals surface area contributed by atoms with Gasteiger partial charge in [0.15, 0.2) is 10.9 Å². The van der Waals surface area contributed by atoms with Gasteiger partial charge in [-0.25, -0.2) is 4.98 Å². The predicted molar refractivity (Wildman–Crippen MR) is 167 cm³/mol. The second-order valence-corrected chi connectivity index (χ2v) is 12.9. The highest BCUT2D eigenvalue weighted by molar-refractivity contribution is 7.14. The zero-order chi connectivity index (χ0) is 30.6. The standard InChI is InChI=1S/C32H43N5O6S/c1-3-42-26-18-37(28-25(38)19-43-29(26)28)31(40)27(22-6-4-5-7-22)34-30(39)23-10-8-21(9-11-23)24-20-44-32(33-24)36-14-12-35(13-15-36)16-17-41-2/h8-11,20,22,26-29H,3-7,12-19H2,1-2H3,(H,34,39)/t26-,27-,28+,29+/m0/s1. The Bertz CT molecular complexity index is 1310. The molecule has 6 rings (SSSR count). The zero-order valence-electron chi connectivity index (χ0n) is 25.6. The van der Waals surface area contributed by atoms with Crippen LogP contribution in [0.5, 0.6) is 0 Å². The third-order valence-electron chi connectivity index (χ3n) is 9.42. The minimum absolute atomic E-state index is 0.0124. The number of piperazine rings is 1. The molecule has 11 nitrogen and oxygen atoms in total. The van der Waals surface area contributed by atoms with Gasteiger partial charge in [0.1, 0.15) is 30.9 Å². The van der Waals surface area contributed by atoms with Gasteiger partial charge >= 0.3 is 0 Å². The summed E-state index contributed by atoms with van der Waals surface area (Å²) in [4.78, 5) is 51.5. The molecular formula is C32H43N5O6S. The van der Waals surface area contributed by atoms with Gasteiger partial charge in [0, 0.05) is 62.9 Å². The van der Waals surface area contributed by atoms with Crippen LogP contribution in [0.3, 0.4) is 0 Å². The highest BCUT2D eigenvalue weighted by Gasteiger charge is 2.54. The summed E-state index contributed by atoms with van der Waals surface area (Å²) >= 11 is 1.64. The number of hydrogen-bond acceptors (Lipinski definition) is 10. The van der Waals surface area contributed by atoms with Crippen LogP contribution in [0.2, 0.25) is 0 Å². The molecule has 0 spiro atoms. The first-order valence-electron chi connectivity index (χ1n) is 15.9. The number of ether oxygens (including phenoxy) is 3. The van der Waals surface area contributed by atoms with Crippen LogP contribution in [-0.4, -0.2) is 123 Å². The van der Waals surface area contributed by atoms with E-state index in [1.54, 1.807) is 35.5 Å². The first kappa shape index (κ1) is 31.1. The molecule has 12 heteroatoms. The molecule has 4 fully saturated rings. The molecule has 1 N–H and O–H groups in total. The number of nitrogens with one attached hydrogen (secondary N) is 1. The van der Waals surface area contributed by atoms with Crippen LogP contribution in [0.1, 0.15) is 43.0 Å². The van der Waals surface area contributed by atoms with Crippen molar-refractivity contribution in [3.63, 3.8) is 0 Å². The van der Waals surface area contributed by atoms with Crippen molar-refractivity contribution in [2.45, 2.75) is 56.9 Å². The molecule has 0 radical (unpaired) electrons. The Morgan fingerprint density at radius 3 is 2.59 bits per heavy atom. The Balaban J connectivity index is 1.11. The average molecular weight is 626 g/mol. The van der Waals surface area contributed by atoms with Crippen LogP contribution in [0.4, 0.5) is 5.13 Å². The molecule has 4 heterocycles. The van der Waals surface area contributed by atoms with Crippen LogP contribution in [0.15, 0.2) is 29.6 Å². The lowest BCUT2D eigenvalue weighted by molar-refractivity contribution is -0.139. The van der Waals surface area contributed by atoms with E-state index in [1.165, 1.54) is 0 Å². The summed E-state index contributed by atoms with van der Waals surface area (Å²) in [5.74, 6) is -0.583. The number of carbonyl (C=O) groups is 3. The number of amides is 2. The normalized spacial score (nSPS) is 25.0. The fourth-order valence-corrected chi connectivity index (χ4v) is 7.88. The zero-order valence-corrected chi connectivity index (χ0v) is 26.4. The minimum Gasteiger partial charge on any atom is -0.383 e. The quantitative estimate of drug-likeness (QED) is 0.402. The molecule has 0 bridgehead atoms. The number of thiazole rings is 1. The van der Waals surface area contributed by atoms with Crippen molar-refractivity contribution in [1.82, 2.24) is 20.1 Å². The van der Waals surface area contributed by atoms with E-state index >= 15 is 0 Å². The molecule has 44 heavy (non-hydrogen) atoms. The summed E-state index contributed by atoms with van der Waals surface area (Å²) in [5, 5.41) is 6.13. The van der Waals surface area contributed by atoms with Crippen molar-refractivity contribution >= 4 is 34.1 Å². The summed E-state index contributed by atoms with van der Waals surface area (Å²) in [6.45, 7) is 8.19. The average Bonchev–Trinajstić information content (AvgIpc) is 3.86. The smallest absolute Gasteiger partial charge is 0.251 e. The maximum atomic E-state index is 14.0. The number of anilines is 1. The van der Waals surface area contributed by atoms with Gasteiger partial charge in [-0.2, -0.15) is 0 Å². The molecule has 3 aliphatic heterocycles. The maximum absolute atomic E-state index is 14.0. The van der Waals surface area contributed by atoms with Crippen LogP contribution in [0, 0.1) is 5.92 Å². The first-order valence-corrected chi connectivity index (χ1v) is 16.7. The lowest BCUT2D eigenvalue weighted by Gasteiger charge is -2.34. The van der Waals surface area contributed by atoms with Crippen LogP contribution in [0.25, 0.3) is 11.3 Å². The summed E-state index contributed by atoms with van der Waals surface area (Å²) in [5.41, 5.74) is 2.31. The van der Waals surface area contributed by atoms with Crippen LogP contribution in [-0.2, 0) is 23.8 Å². The lowest BCUT2D eigenvalue weighted by Crippen LogP contribution is -2.54. The van der Waals surface area contributed by atoms with E-state index in [4.69, 9.17) is 19.2 Å². The van der Waals surface area contributed by atoms with E-state index in [0.717, 1.165) is 81.4 Å². The second kappa shape index (κ2) is 14.0. The maximum Gasteiger partial charge on any atom is 0.251 e. The number of fused-ring (bicyclic) bond motifs is 1. The van der Waals surface area contributed by atoms with Gasteiger partial charge < -0.3 is 29.3 Å². The van der Waals surface area contributed by atoms with Crippen molar-refractivity contribution in [2.75, 3.05) is 71.1 Å². The number of ketones is 1. The van der Waals surface area contributed by atoms with Gasteiger partial charge in [-0.15, -0.1) is 11.3 Å². The fourth-order valence-electron chi connectivity index (χ4n) is 6.99. The third-order valence-corrected chi connectivity index (χ3v) is 10.3. The molecule has 4 aliphatic rings. The van der Waals surface area contributed by atoms with Gasteiger partial charge in [-0.1, -0.05) is 25.0 Å². The number of likely N-dealkylation sites (tertiary alicyclic amines) is 1. The molecule has 2 aromatic rings. The molecule has 1 aromatic carbocycles. The van der Waals surface area contributed by atoms with Gasteiger partial charge in [0.05, 0.1) is 18.8 Å². The Kier molecular flexibility index (Phi) is 9.92. The highest BCUT2D eigenvalue weighted by Crippen LogP contribution is 2.34. The number of nitrogens with zero attached hydrogens (tertiary/aromatic N) is 4. The first-order chi connectivity index (χ1) is 21.5. The Labute approximate surface area is 262 Å². The van der Waals surface area contributed by atoms with Crippen LogP contribution >= 0.6 is 11.3 Å². The molecule has 4 atom stereocenters. The SMILES string of the molecule is CCO[C@H]1CN(C(=O)[C@@H](NC(=O)c2ccc(-c3csc(N4CCN(CCOC)CC4)n3)cc2)C2CCCC2)[C@@H]2C(=O)CO[C@H]12. The van der Waals surface area contributed by atoms with E-state index in [9.17, 15) is 14.4 Å². The topological polar surface area (TPSA) is 114 Å². The van der Waals surface area contributed by atoms with E-state index in [1.807, 2.05) is 19.1 Å². The Hall–Kier alpha value is -2.90. The Morgan fingerprint density at radius 2 is 1.89 bits per heavy atom. The molecule has 1 aliphatic carbocycles. The van der Waals surface area contributed by atoms with Gasteiger partial charge in [-0.05, 0) is 37.8 Å². The minimum atomic E-state index is -0.699. The highest BCUT2D eigenvalue weighted by atomic mass is 32.1.